The zero-order chi connectivity index (χ0) is 14.5. The van der Waals surface area contributed by atoms with E-state index in [4.69, 9.17) is 17.5 Å². The largest absolute Gasteiger partial charge is 0.329 e. The maximum atomic E-state index is 11.8. The number of benzene rings is 1. The highest BCUT2D eigenvalue weighted by Crippen LogP contribution is 2.34. The van der Waals surface area contributed by atoms with E-state index in [9.17, 15) is 8.42 Å². The summed E-state index contributed by atoms with van der Waals surface area (Å²) in [7, 11) is -3.03. The van der Waals surface area contributed by atoms with Crippen molar-refractivity contribution in [3.63, 3.8) is 0 Å². The lowest BCUT2D eigenvalue weighted by Gasteiger charge is -2.25. The number of aromatic amines is 1. The maximum Gasteiger partial charge on any atom is 0.178 e. The van der Waals surface area contributed by atoms with Crippen molar-refractivity contribution in [3.8, 4) is 6.07 Å². The predicted molar refractivity (Wildman–Crippen MR) is 78.8 cm³/mol. The molecular formula is C13H13N3O2S2. The molecule has 0 spiro atoms. The molecule has 0 amide bonds. The Kier molecular flexibility index (Phi) is 2.78. The Bertz CT molecular complexity index is 902. The average Bonchev–Trinajstić information content (AvgIpc) is 2.85. The van der Waals surface area contributed by atoms with Crippen LogP contribution in [0.3, 0.4) is 0 Å². The van der Waals surface area contributed by atoms with Gasteiger partial charge < -0.3 is 9.55 Å². The lowest BCUT2D eigenvalue weighted by Crippen LogP contribution is -2.31. The van der Waals surface area contributed by atoms with E-state index in [2.05, 4.69) is 11.1 Å². The lowest BCUT2D eigenvalue weighted by atomic mass is 10.0. The Morgan fingerprint density at radius 2 is 2.25 bits per heavy atom. The molecule has 0 bridgehead atoms. The van der Waals surface area contributed by atoms with E-state index in [1.165, 1.54) is 0 Å². The number of nitrogens with zero attached hydrogens (tertiary/aromatic N) is 2. The summed E-state index contributed by atoms with van der Waals surface area (Å²) in [5.74, 6) is 0.258. The van der Waals surface area contributed by atoms with Gasteiger partial charge in [-0.15, -0.1) is 0 Å². The standard InChI is InChI=1S/C13H13N3O2S2/c1-13(5-6-20(17,18)8-13)16-10-4-2-3-9(7-14)11(10)15-12(16)19/h2-4H,5-6,8H2,1H3,(H,15,19). The second kappa shape index (κ2) is 4.17. The number of fused-ring (bicyclic) bond motifs is 1. The van der Waals surface area contributed by atoms with Crippen molar-refractivity contribution in [1.82, 2.24) is 9.55 Å². The van der Waals surface area contributed by atoms with E-state index < -0.39 is 15.4 Å². The van der Waals surface area contributed by atoms with Crippen LogP contribution in [-0.2, 0) is 15.4 Å². The summed E-state index contributed by atoms with van der Waals surface area (Å²) in [6.07, 6.45) is 0.535. The van der Waals surface area contributed by atoms with Gasteiger partial charge in [-0.05, 0) is 37.7 Å². The number of sulfone groups is 1. The molecule has 1 fully saturated rings. The van der Waals surface area contributed by atoms with Gasteiger partial charge >= 0.3 is 0 Å². The van der Waals surface area contributed by atoms with Gasteiger partial charge in [0.25, 0.3) is 0 Å². The van der Waals surface area contributed by atoms with Crippen LogP contribution in [0, 0.1) is 16.1 Å². The van der Waals surface area contributed by atoms with E-state index in [1.807, 2.05) is 17.6 Å². The number of nitrogens with one attached hydrogen (secondary N) is 1. The third-order valence-electron chi connectivity index (χ3n) is 3.86. The van der Waals surface area contributed by atoms with Gasteiger partial charge in [-0.3, -0.25) is 0 Å². The molecule has 1 N–H and O–H groups in total. The molecule has 1 aliphatic rings. The number of hydrogen-bond acceptors (Lipinski definition) is 4. The molecule has 1 atom stereocenters. The third-order valence-corrected chi connectivity index (χ3v) is 6.03. The Hall–Kier alpha value is -1.65. The summed E-state index contributed by atoms with van der Waals surface area (Å²) in [5.41, 5.74) is 1.42. The third kappa shape index (κ3) is 1.87. The van der Waals surface area contributed by atoms with Crippen LogP contribution < -0.4 is 0 Å². The van der Waals surface area contributed by atoms with Gasteiger partial charge in [0.2, 0.25) is 0 Å². The lowest BCUT2D eigenvalue weighted by molar-refractivity contribution is 0.372. The van der Waals surface area contributed by atoms with E-state index in [-0.39, 0.29) is 11.5 Å². The first-order chi connectivity index (χ1) is 9.36. The number of imidazole rings is 1. The minimum Gasteiger partial charge on any atom is -0.329 e. The van der Waals surface area contributed by atoms with Gasteiger partial charge in [-0.25, -0.2) is 8.42 Å². The molecular weight excluding hydrogens is 294 g/mol. The molecule has 1 unspecified atom stereocenters. The summed E-state index contributed by atoms with van der Waals surface area (Å²) in [5, 5.41) is 9.14. The van der Waals surface area contributed by atoms with Crippen LogP contribution in [0.1, 0.15) is 18.9 Å². The smallest absolute Gasteiger partial charge is 0.178 e. The number of aromatic nitrogens is 2. The molecule has 1 saturated heterocycles. The van der Waals surface area contributed by atoms with E-state index >= 15 is 0 Å². The van der Waals surface area contributed by atoms with Crippen LogP contribution in [0.5, 0.6) is 0 Å². The molecule has 0 aliphatic carbocycles. The number of para-hydroxylation sites is 1. The topological polar surface area (TPSA) is 78.7 Å². The van der Waals surface area contributed by atoms with E-state index in [0.29, 0.717) is 22.3 Å². The van der Waals surface area contributed by atoms with Gasteiger partial charge in [-0.1, -0.05) is 6.07 Å². The van der Waals surface area contributed by atoms with Crippen LogP contribution in [0.15, 0.2) is 18.2 Å². The minimum atomic E-state index is -3.03. The van der Waals surface area contributed by atoms with Crippen LogP contribution in [0.4, 0.5) is 0 Å². The summed E-state index contributed by atoms with van der Waals surface area (Å²) < 4.78 is 25.9. The predicted octanol–water partition coefficient (Wildman–Crippen LogP) is 2.10. The highest BCUT2D eigenvalue weighted by Gasteiger charge is 2.41. The molecule has 2 aromatic rings. The van der Waals surface area contributed by atoms with Crippen LogP contribution in [0.25, 0.3) is 11.0 Å². The zero-order valence-corrected chi connectivity index (χ0v) is 12.5. The Morgan fingerprint density at radius 1 is 1.50 bits per heavy atom. The van der Waals surface area contributed by atoms with Gasteiger partial charge in [0, 0.05) is 0 Å². The Labute approximate surface area is 121 Å². The molecule has 0 saturated carbocycles. The Balaban J connectivity index is 2.31. The molecule has 1 aromatic carbocycles. The van der Waals surface area contributed by atoms with Gasteiger partial charge in [0.1, 0.15) is 6.07 Å². The first kappa shape index (κ1) is 13.3. The molecule has 7 heteroatoms. The van der Waals surface area contributed by atoms with Crippen LogP contribution in [0.2, 0.25) is 0 Å². The highest BCUT2D eigenvalue weighted by atomic mass is 32.2. The summed E-state index contributed by atoms with van der Waals surface area (Å²) in [6.45, 7) is 1.90. The molecule has 3 rings (SSSR count). The van der Waals surface area contributed by atoms with Gasteiger partial charge in [-0.2, -0.15) is 5.26 Å². The molecule has 0 radical (unpaired) electrons. The average molecular weight is 307 g/mol. The van der Waals surface area contributed by atoms with Crippen LogP contribution in [-0.4, -0.2) is 29.5 Å². The zero-order valence-electron chi connectivity index (χ0n) is 10.9. The van der Waals surface area contributed by atoms with E-state index in [1.54, 1.807) is 12.1 Å². The first-order valence-corrected chi connectivity index (χ1v) is 8.44. The van der Waals surface area contributed by atoms with Crippen molar-refractivity contribution >= 4 is 33.1 Å². The number of nitriles is 1. The Morgan fingerprint density at radius 3 is 2.85 bits per heavy atom. The van der Waals surface area contributed by atoms with Crippen molar-refractivity contribution in [2.24, 2.45) is 0 Å². The molecule has 5 nitrogen and oxygen atoms in total. The molecule has 1 aliphatic heterocycles. The highest BCUT2D eigenvalue weighted by molar-refractivity contribution is 7.91. The van der Waals surface area contributed by atoms with E-state index in [0.717, 1.165) is 5.52 Å². The fraction of sp³-hybridized carbons (Fsp3) is 0.385. The summed E-state index contributed by atoms with van der Waals surface area (Å²) in [6, 6.07) is 7.48. The molecule has 104 valence electrons. The second-order valence-corrected chi connectivity index (χ2v) is 7.99. The number of H-pyrrole nitrogens is 1. The molecule has 1 aromatic heterocycles. The fourth-order valence-corrected chi connectivity index (χ4v) is 5.47. The van der Waals surface area contributed by atoms with Gasteiger partial charge in [0.05, 0.1) is 33.6 Å². The SMILES string of the molecule is CC1(n2c(=S)[nH]c3c(C#N)cccc32)CCS(=O)(=O)C1. The minimum absolute atomic E-state index is 0.0814. The van der Waals surface area contributed by atoms with Gasteiger partial charge in [0.15, 0.2) is 14.6 Å². The maximum absolute atomic E-state index is 11.8. The van der Waals surface area contributed by atoms with Crippen molar-refractivity contribution in [2.75, 3.05) is 11.5 Å². The van der Waals surface area contributed by atoms with Crippen molar-refractivity contribution in [1.29, 1.82) is 5.26 Å². The normalized spacial score (nSPS) is 24.8. The summed E-state index contributed by atoms with van der Waals surface area (Å²) in [4.78, 5) is 3.04. The number of hydrogen-bond donors (Lipinski definition) is 1. The molecule has 20 heavy (non-hydrogen) atoms. The number of rotatable bonds is 1. The molecule has 2 heterocycles. The van der Waals surface area contributed by atoms with Crippen molar-refractivity contribution < 1.29 is 8.42 Å². The summed E-state index contributed by atoms with van der Waals surface area (Å²) >= 11 is 5.35. The monoisotopic (exact) mass is 307 g/mol. The van der Waals surface area contributed by atoms with Crippen molar-refractivity contribution in [3.05, 3.63) is 28.5 Å². The quantitative estimate of drug-likeness (QED) is 0.818. The van der Waals surface area contributed by atoms with Crippen LogP contribution >= 0.6 is 12.2 Å². The fourth-order valence-electron chi connectivity index (χ4n) is 2.93. The second-order valence-electron chi connectivity index (χ2n) is 5.42. The first-order valence-electron chi connectivity index (χ1n) is 6.21. The van der Waals surface area contributed by atoms with Crippen molar-refractivity contribution in [2.45, 2.75) is 18.9 Å².